The quantitative estimate of drug-likeness (QED) is 0.317. The minimum absolute atomic E-state index is 0. The molecule has 27 heavy (non-hydrogen) atoms. The lowest BCUT2D eigenvalue weighted by Gasteiger charge is -2.12. The highest BCUT2D eigenvalue weighted by Gasteiger charge is 2.04. The van der Waals surface area contributed by atoms with E-state index in [9.17, 15) is 5.11 Å². The highest BCUT2D eigenvalue weighted by atomic mass is 127. The lowest BCUT2D eigenvalue weighted by molar-refractivity contribution is 0.414. The van der Waals surface area contributed by atoms with Gasteiger partial charge in [-0.2, -0.15) is 0 Å². The van der Waals surface area contributed by atoms with E-state index in [2.05, 4.69) is 34.7 Å². The third-order valence-electron chi connectivity index (χ3n) is 4.18. The van der Waals surface area contributed by atoms with Gasteiger partial charge in [0.25, 0.3) is 0 Å². The van der Waals surface area contributed by atoms with Crippen molar-refractivity contribution in [1.29, 1.82) is 0 Å². The van der Waals surface area contributed by atoms with E-state index in [-0.39, 0.29) is 24.0 Å². The number of ether oxygens (including phenoxy) is 1. The Bertz CT molecular complexity index is 723. The minimum atomic E-state index is 0. The van der Waals surface area contributed by atoms with Crippen LogP contribution >= 0.6 is 24.0 Å². The number of hydrogen-bond acceptors (Lipinski definition) is 3. The molecule has 0 unspecified atom stereocenters. The number of nitrogens with one attached hydrogen (secondary N) is 2. The van der Waals surface area contributed by atoms with Crippen molar-refractivity contribution in [3.8, 4) is 11.5 Å². The van der Waals surface area contributed by atoms with Gasteiger partial charge >= 0.3 is 0 Å². The molecule has 0 saturated carbocycles. The summed E-state index contributed by atoms with van der Waals surface area (Å²) in [6, 6.07) is 12.1. The number of methoxy groups -OCH3 is 1. The summed E-state index contributed by atoms with van der Waals surface area (Å²) in [6.07, 6.45) is 0.909. The molecule has 0 heterocycles. The Balaban J connectivity index is 0.00000364. The molecule has 0 atom stereocenters. The molecule has 2 rings (SSSR count). The Morgan fingerprint density at radius 1 is 1.04 bits per heavy atom. The third kappa shape index (κ3) is 7.28. The van der Waals surface area contributed by atoms with Crippen molar-refractivity contribution in [2.45, 2.75) is 33.7 Å². The van der Waals surface area contributed by atoms with Gasteiger partial charge in [0.1, 0.15) is 11.5 Å². The van der Waals surface area contributed by atoms with E-state index < -0.39 is 0 Å². The first-order valence-corrected chi connectivity index (χ1v) is 8.97. The number of phenols is 1. The molecular formula is C21H30IN3O2. The first-order valence-electron chi connectivity index (χ1n) is 8.97. The molecule has 0 aromatic heterocycles. The predicted octanol–water partition coefficient (Wildman–Crippen LogP) is 3.93. The molecule has 0 amide bonds. The monoisotopic (exact) mass is 483 g/mol. The normalized spacial score (nSPS) is 10.9. The third-order valence-corrected chi connectivity index (χ3v) is 4.18. The van der Waals surface area contributed by atoms with Crippen LogP contribution in [0.3, 0.4) is 0 Å². The van der Waals surface area contributed by atoms with Crippen LogP contribution in [0.4, 0.5) is 0 Å². The van der Waals surface area contributed by atoms with E-state index in [1.807, 2.05) is 38.1 Å². The molecule has 0 aliphatic rings. The van der Waals surface area contributed by atoms with Crippen LogP contribution in [0, 0.1) is 13.8 Å². The topological polar surface area (TPSA) is 65.9 Å². The second kappa shape index (κ2) is 11.7. The van der Waals surface area contributed by atoms with Crippen LogP contribution in [0.15, 0.2) is 41.4 Å². The van der Waals surface area contributed by atoms with Gasteiger partial charge in [0.2, 0.25) is 0 Å². The van der Waals surface area contributed by atoms with Crippen LogP contribution < -0.4 is 15.4 Å². The van der Waals surface area contributed by atoms with Gasteiger partial charge in [0.05, 0.1) is 13.7 Å². The average Bonchev–Trinajstić information content (AvgIpc) is 2.64. The summed E-state index contributed by atoms with van der Waals surface area (Å²) in [5.74, 6) is 2.03. The highest BCUT2D eigenvalue weighted by Crippen LogP contribution is 2.23. The Kier molecular flexibility index (Phi) is 9.99. The molecular weight excluding hydrogens is 453 g/mol. The van der Waals surface area contributed by atoms with Gasteiger partial charge in [-0.1, -0.05) is 24.3 Å². The zero-order chi connectivity index (χ0) is 18.9. The van der Waals surface area contributed by atoms with E-state index in [4.69, 9.17) is 4.74 Å². The van der Waals surface area contributed by atoms with Crippen molar-refractivity contribution >= 4 is 29.9 Å². The maximum atomic E-state index is 9.88. The summed E-state index contributed by atoms with van der Waals surface area (Å²) in [5, 5.41) is 16.5. The number of aliphatic imine (C=N–C) groups is 1. The molecule has 0 aliphatic heterocycles. The molecule has 0 saturated heterocycles. The number of guanidine groups is 1. The molecule has 0 fully saturated rings. The summed E-state index contributed by atoms with van der Waals surface area (Å²) in [5.41, 5.74) is 4.10. The molecule has 148 valence electrons. The highest BCUT2D eigenvalue weighted by molar-refractivity contribution is 14.0. The molecule has 0 aliphatic carbocycles. The number of rotatable bonds is 7. The van der Waals surface area contributed by atoms with Crippen LogP contribution in [0.25, 0.3) is 0 Å². The zero-order valence-corrected chi connectivity index (χ0v) is 18.8. The fourth-order valence-corrected chi connectivity index (χ4v) is 2.77. The summed E-state index contributed by atoms with van der Waals surface area (Å²) in [7, 11) is 1.67. The largest absolute Gasteiger partial charge is 0.507 e. The minimum Gasteiger partial charge on any atom is -0.507 e. The number of nitrogens with zero attached hydrogens (tertiary/aromatic N) is 1. The van der Waals surface area contributed by atoms with Crippen molar-refractivity contribution in [3.05, 3.63) is 58.7 Å². The number of halogens is 1. The second-order valence-corrected chi connectivity index (χ2v) is 6.30. The first-order chi connectivity index (χ1) is 12.5. The Hall–Kier alpha value is -1.96. The Labute approximate surface area is 179 Å². The molecule has 2 aromatic rings. The van der Waals surface area contributed by atoms with Crippen molar-refractivity contribution in [1.82, 2.24) is 10.6 Å². The summed E-state index contributed by atoms with van der Waals surface area (Å²) in [6.45, 7) is 8.05. The average molecular weight is 483 g/mol. The molecule has 3 N–H and O–H groups in total. The lowest BCUT2D eigenvalue weighted by atomic mass is 10.1. The summed E-state index contributed by atoms with van der Waals surface area (Å²) >= 11 is 0. The van der Waals surface area contributed by atoms with Gasteiger partial charge in [-0.25, -0.2) is 4.99 Å². The van der Waals surface area contributed by atoms with Crippen LogP contribution in [0.1, 0.15) is 29.2 Å². The standard InChI is InChI=1S/C21H29N3O2.HI/c1-5-22-21(23-11-10-17-6-8-19(26-4)9-7-17)24-14-18-12-15(2)20(25)16(3)13-18;/h6-9,12-13,25H,5,10-11,14H2,1-4H3,(H2,22,23,24);1H. The van der Waals surface area contributed by atoms with Gasteiger partial charge in [-0.15, -0.1) is 24.0 Å². The predicted molar refractivity (Wildman–Crippen MR) is 123 cm³/mol. The van der Waals surface area contributed by atoms with Crippen molar-refractivity contribution < 1.29 is 9.84 Å². The second-order valence-electron chi connectivity index (χ2n) is 6.30. The maximum Gasteiger partial charge on any atom is 0.191 e. The van der Waals surface area contributed by atoms with E-state index in [0.717, 1.165) is 47.9 Å². The SMILES string of the molecule is CCNC(=NCc1cc(C)c(O)c(C)c1)NCCc1ccc(OC)cc1.I. The van der Waals surface area contributed by atoms with Gasteiger partial charge in [-0.05, 0) is 61.6 Å². The smallest absolute Gasteiger partial charge is 0.191 e. The molecule has 0 spiro atoms. The maximum absolute atomic E-state index is 9.88. The molecule has 0 radical (unpaired) electrons. The van der Waals surface area contributed by atoms with E-state index >= 15 is 0 Å². The number of aromatic hydroxyl groups is 1. The Morgan fingerprint density at radius 3 is 2.22 bits per heavy atom. The number of phenolic OH excluding ortho intramolecular Hbond substituents is 1. The number of hydrogen-bond donors (Lipinski definition) is 3. The molecule has 2 aromatic carbocycles. The molecule has 6 heteroatoms. The van der Waals surface area contributed by atoms with Gasteiger partial charge in [0.15, 0.2) is 5.96 Å². The van der Waals surface area contributed by atoms with Gasteiger partial charge in [0, 0.05) is 13.1 Å². The summed E-state index contributed by atoms with van der Waals surface area (Å²) in [4.78, 5) is 4.65. The molecule has 5 nitrogen and oxygen atoms in total. The fourth-order valence-electron chi connectivity index (χ4n) is 2.77. The Morgan fingerprint density at radius 2 is 1.67 bits per heavy atom. The van der Waals surface area contributed by atoms with Crippen LogP contribution in [-0.2, 0) is 13.0 Å². The van der Waals surface area contributed by atoms with Crippen molar-refractivity contribution in [2.24, 2.45) is 4.99 Å². The molecule has 0 bridgehead atoms. The first kappa shape index (κ1) is 23.1. The van der Waals surface area contributed by atoms with E-state index in [0.29, 0.717) is 12.3 Å². The van der Waals surface area contributed by atoms with Crippen molar-refractivity contribution in [3.63, 3.8) is 0 Å². The lowest BCUT2D eigenvalue weighted by Crippen LogP contribution is -2.38. The van der Waals surface area contributed by atoms with Crippen molar-refractivity contribution in [2.75, 3.05) is 20.2 Å². The van der Waals surface area contributed by atoms with Gasteiger partial charge in [-0.3, -0.25) is 0 Å². The number of aryl methyl sites for hydroxylation is 2. The zero-order valence-electron chi connectivity index (χ0n) is 16.5. The van der Waals surface area contributed by atoms with Crippen LogP contribution in [-0.4, -0.2) is 31.3 Å². The van der Waals surface area contributed by atoms with Crippen LogP contribution in [0.5, 0.6) is 11.5 Å². The van der Waals surface area contributed by atoms with Gasteiger partial charge < -0.3 is 20.5 Å². The van der Waals surface area contributed by atoms with E-state index in [1.54, 1.807) is 7.11 Å². The number of benzene rings is 2. The fraction of sp³-hybridized carbons (Fsp3) is 0.381. The van der Waals surface area contributed by atoms with E-state index in [1.165, 1.54) is 5.56 Å². The van der Waals surface area contributed by atoms with Crippen LogP contribution in [0.2, 0.25) is 0 Å². The summed E-state index contributed by atoms with van der Waals surface area (Å²) < 4.78 is 5.18.